The van der Waals surface area contributed by atoms with E-state index in [2.05, 4.69) is 5.32 Å². The van der Waals surface area contributed by atoms with Gasteiger partial charge in [-0.3, -0.25) is 14.3 Å². The average Bonchev–Trinajstić information content (AvgIpc) is 3.67. The molecule has 0 spiro atoms. The number of para-hydroxylation sites is 1. The molecule has 8 heteroatoms. The molecule has 1 N–H and O–H groups in total. The summed E-state index contributed by atoms with van der Waals surface area (Å²) in [6, 6.07) is 17.4. The van der Waals surface area contributed by atoms with Gasteiger partial charge in [0.25, 0.3) is 11.8 Å². The number of nitrogens with zero attached hydrogens (tertiary/aromatic N) is 3. The third-order valence-electron chi connectivity index (χ3n) is 7.45. The molecule has 0 bridgehead atoms. The predicted octanol–water partition coefficient (Wildman–Crippen LogP) is 4.56. The van der Waals surface area contributed by atoms with E-state index in [0.29, 0.717) is 43.1 Å². The minimum absolute atomic E-state index is 0.158. The largest absolute Gasteiger partial charge is 0.497 e. The van der Waals surface area contributed by atoms with Gasteiger partial charge in [-0.05, 0) is 42.7 Å². The highest BCUT2D eigenvalue weighted by Crippen LogP contribution is 2.28. The van der Waals surface area contributed by atoms with Crippen molar-refractivity contribution >= 4 is 22.8 Å². The molecule has 0 unspecified atom stereocenters. The number of nitrogens with one attached hydrogen (secondary N) is 1. The number of ether oxygens (including phenoxy) is 1. The van der Waals surface area contributed by atoms with Crippen LogP contribution >= 0.6 is 0 Å². The molecule has 6 rings (SSSR count). The van der Waals surface area contributed by atoms with Crippen LogP contribution in [0.3, 0.4) is 0 Å². The Morgan fingerprint density at radius 1 is 1.11 bits per heavy atom. The molecule has 2 aromatic carbocycles. The Morgan fingerprint density at radius 2 is 1.89 bits per heavy atom. The van der Waals surface area contributed by atoms with Gasteiger partial charge in [0.05, 0.1) is 20.2 Å². The van der Waals surface area contributed by atoms with Gasteiger partial charge in [-0.2, -0.15) is 5.10 Å². The normalized spacial score (nSPS) is 15.6. The van der Waals surface area contributed by atoms with Crippen molar-refractivity contribution in [3.8, 4) is 5.75 Å². The first-order chi connectivity index (χ1) is 18.1. The number of carbonyl (C=O) groups excluding carboxylic acids is 2. The molecule has 3 heterocycles. The lowest BCUT2D eigenvalue weighted by molar-refractivity contribution is 0.0700. The van der Waals surface area contributed by atoms with E-state index in [1.165, 1.54) is 0 Å². The minimum atomic E-state index is -0.174. The lowest BCUT2D eigenvalue weighted by Gasteiger charge is -2.27. The number of fused-ring (bicyclic) bond motifs is 2. The van der Waals surface area contributed by atoms with Crippen LogP contribution in [0.4, 0.5) is 0 Å². The number of hydrogen-bond donors (Lipinski definition) is 1. The van der Waals surface area contributed by atoms with Gasteiger partial charge in [-0.1, -0.05) is 43.2 Å². The van der Waals surface area contributed by atoms with Crippen LogP contribution in [-0.4, -0.2) is 46.2 Å². The lowest BCUT2D eigenvalue weighted by atomic mass is 10.0. The van der Waals surface area contributed by atoms with E-state index in [1.54, 1.807) is 18.1 Å². The molecule has 0 radical (unpaired) electrons. The second-order valence-electron chi connectivity index (χ2n) is 9.86. The van der Waals surface area contributed by atoms with Gasteiger partial charge in [0.2, 0.25) is 0 Å². The van der Waals surface area contributed by atoms with Crippen LogP contribution in [0.25, 0.3) is 11.0 Å². The first-order valence-electron chi connectivity index (χ1n) is 12.9. The maximum atomic E-state index is 13.4. The molecule has 2 aromatic heterocycles. The number of rotatable bonds is 6. The van der Waals surface area contributed by atoms with Crippen molar-refractivity contribution in [2.75, 3.05) is 13.7 Å². The molecule has 2 amide bonds. The van der Waals surface area contributed by atoms with Gasteiger partial charge in [0.15, 0.2) is 11.5 Å². The van der Waals surface area contributed by atoms with Crippen LogP contribution in [-0.2, 0) is 19.5 Å². The first kappa shape index (κ1) is 23.3. The van der Waals surface area contributed by atoms with Crippen molar-refractivity contribution in [1.29, 1.82) is 0 Å². The van der Waals surface area contributed by atoms with Gasteiger partial charge >= 0.3 is 0 Å². The predicted molar refractivity (Wildman–Crippen MR) is 139 cm³/mol. The molecule has 1 aliphatic heterocycles. The minimum Gasteiger partial charge on any atom is -0.497 e. The summed E-state index contributed by atoms with van der Waals surface area (Å²) < 4.78 is 13.0. The molecule has 0 atom stereocenters. The zero-order chi connectivity index (χ0) is 25.4. The summed E-state index contributed by atoms with van der Waals surface area (Å²) in [6.07, 6.45) is 4.87. The fourth-order valence-electron chi connectivity index (χ4n) is 5.45. The van der Waals surface area contributed by atoms with E-state index in [1.807, 2.05) is 53.2 Å². The molecule has 8 nitrogen and oxygen atoms in total. The zero-order valence-electron chi connectivity index (χ0n) is 20.9. The summed E-state index contributed by atoms with van der Waals surface area (Å²) in [5.74, 6) is 0.774. The van der Waals surface area contributed by atoms with Crippen LogP contribution < -0.4 is 10.1 Å². The van der Waals surface area contributed by atoms with Gasteiger partial charge in [0, 0.05) is 35.7 Å². The number of benzene rings is 2. The third kappa shape index (κ3) is 4.59. The standard InChI is InChI=1S/C29H30N4O4/c1-36-22-12-10-19(11-13-22)17-33-24-14-15-32(29(35)26-16-20-6-2-5-9-25(20)37-26)18-23(24)27(31-33)28(34)30-21-7-3-4-8-21/h2,5-6,9-13,16,21H,3-4,7-8,14-15,17-18H2,1H3,(H,30,34). The Balaban J connectivity index is 1.30. The molecule has 1 saturated carbocycles. The molecule has 4 aromatic rings. The first-order valence-corrected chi connectivity index (χ1v) is 12.9. The van der Waals surface area contributed by atoms with E-state index in [4.69, 9.17) is 14.3 Å². The van der Waals surface area contributed by atoms with Crippen molar-refractivity contribution < 1.29 is 18.7 Å². The maximum absolute atomic E-state index is 13.4. The van der Waals surface area contributed by atoms with Gasteiger partial charge in [-0.25, -0.2) is 0 Å². The molecule has 0 saturated heterocycles. The lowest BCUT2D eigenvalue weighted by Crippen LogP contribution is -2.38. The van der Waals surface area contributed by atoms with E-state index in [9.17, 15) is 9.59 Å². The van der Waals surface area contributed by atoms with Crippen molar-refractivity contribution in [2.45, 2.75) is 51.2 Å². The number of carbonyl (C=O) groups is 2. The Hall–Kier alpha value is -4.07. The maximum Gasteiger partial charge on any atom is 0.289 e. The van der Waals surface area contributed by atoms with Crippen molar-refractivity contribution in [3.63, 3.8) is 0 Å². The average molecular weight is 499 g/mol. The molecule has 37 heavy (non-hydrogen) atoms. The fourth-order valence-corrected chi connectivity index (χ4v) is 5.45. The summed E-state index contributed by atoms with van der Waals surface area (Å²) in [5.41, 5.74) is 3.99. The smallest absolute Gasteiger partial charge is 0.289 e. The summed E-state index contributed by atoms with van der Waals surface area (Å²) in [6.45, 7) is 1.39. The van der Waals surface area contributed by atoms with Crippen LogP contribution in [0.1, 0.15) is 63.5 Å². The fraction of sp³-hybridized carbons (Fsp3) is 0.345. The van der Waals surface area contributed by atoms with E-state index in [-0.39, 0.29) is 17.9 Å². The van der Waals surface area contributed by atoms with Crippen molar-refractivity contribution in [3.05, 3.63) is 82.9 Å². The van der Waals surface area contributed by atoms with Crippen molar-refractivity contribution in [1.82, 2.24) is 20.0 Å². The third-order valence-corrected chi connectivity index (χ3v) is 7.45. The van der Waals surface area contributed by atoms with E-state index >= 15 is 0 Å². The van der Waals surface area contributed by atoms with Gasteiger partial charge in [-0.15, -0.1) is 0 Å². The summed E-state index contributed by atoms with van der Waals surface area (Å²) >= 11 is 0. The number of aromatic nitrogens is 2. The Morgan fingerprint density at radius 3 is 2.65 bits per heavy atom. The van der Waals surface area contributed by atoms with Crippen LogP contribution in [0.2, 0.25) is 0 Å². The second kappa shape index (κ2) is 9.76. The summed E-state index contributed by atoms with van der Waals surface area (Å²) in [5, 5.41) is 8.86. The SMILES string of the molecule is COc1ccc(Cn2nc(C(=O)NC3CCCC3)c3c2CCN(C(=O)c2cc4ccccc4o2)C3)cc1. The quantitative estimate of drug-likeness (QED) is 0.421. The van der Waals surface area contributed by atoms with Crippen LogP contribution in [0.5, 0.6) is 5.75 Å². The van der Waals surface area contributed by atoms with E-state index < -0.39 is 0 Å². The Kier molecular flexibility index (Phi) is 6.16. The highest BCUT2D eigenvalue weighted by Gasteiger charge is 2.32. The molecule has 1 fully saturated rings. The number of amides is 2. The van der Waals surface area contributed by atoms with Gasteiger partial charge < -0.3 is 19.4 Å². The van der Waals surface area contributed by atoms with E-state index in [0.717, 1.165) is 53.6 Å². The zero-order valence-corrected chi connectivity index (χ0v) is 20.9. The molecule has 190 valence electrons. The highest BCUT2D eigenvalue weighted by atomic mass is 16.5. The number of furan rings is 1. The number of hydrogen-bond acceptors (Lipinski definition) is 5. The monoisotopic (exact) mass is 498 g/mol. The van der Waals surface area contributed by atoms with Crippen molar-refractivity contribution in [2.24, 2.45) is 0 Å². The van der Waals surface area contributed by atoms with Crippen LogP contribution in [0, 0.1) is 0 Å². The Labute approximate surface area is 215 Å². The van der Waals surface area contributed by atoms with Gasteiger partial charge in [0.1, 0.15) is 11.3 Å². The highest BCUT2D eigenvalue weighted by molar-refractivity contribution is 5.97. The molecule has 1 aliphatic carbocycles. The Bertz CT molecular complexity index is 1410. The summed E-state index contributed by atoms with van der Waals surface area (Å²) in [7, 11) is 1.65. The summed E-state index contributed by atoms with van der Waals surface area (Å²) in [4.78, 5) is 28.5. The molecule has 2 aliphatic rings. The molecular formula is C29H30N4O4. The molecular weight excluding hydrogens is 468 g/mol. The topological polar surface area (TPSA) is 89.6 Å². The van der Waals surface area contributed by atoms with Crippen LogP contribution in [0.15, 0.2) is 59.0 Å². The second-order valence-corrected chi connectivity index (χ2v) is 9.86. The number of methoxy groups -OCH3 is 1.